The molecule has 2 amide bonds. The number of pyridine rings is 1. The maximum atomic E-state index is 12.5. The maximum absolute atomic E-state index is 12.5. The van der Waals surface area contributed by atoms with Crippen molar-refractivity contribution in [2.45, 2.75) is 25.8 Å². The molecule has 3 atom stereocenters. The average molecular weight is 416 g/mol. The molecule has 2 saturated heterocycles. The van der Waals surface area contributed by atoms with Gasteiger partial charge >= 0.3 is 6.09 Å². The Kier molecular flexibility index (Phi) is 6.22. The second-order valence-corrected chi connectivity index (χ2v) is 8.47. The summed E-state index contributed by atoms with van der Waals surface area (Å²) in [5.74, 6) is 0.944. The Morgan fingerprint density at radius 3 is 2.70 bits per heavy atom. The zero-order valence-corrected chi connectivity index (χ0v) is 17.6. The molecule has 0 aliphatic carbocycles. The fourth-order valence-corrected chi connectivity index (χ4v) is 5.04. The zero-order valence-electron chi connectivity index (χ0n) is 17.6. The molecular weight excluding hydrogens is 384 g/mol. The van der Waals surface area contributed by atoms with Gasteiger partial charge in [0.2, 0.25) is 5.91 Å². The molecule has 2 fully saturated rings. The van der Waals surface area contributed by atoms with Crippen LogP contribution < -0.4 is 10.5 Å². The summed E-state index contributed by atoms with van der Waals surface area (Å²) in [4.78, 5) is 41.3. The molecule has 4 heterocycles. The van der Waals surface area contributed by atoms with Crippen LogP contribution in [0.1, 0.15) is 25.0 Å². The summed E-state index contributed by atoms with van der Waals surface area (Å²) in [6.45, 7) is 7.91. The van der Waals surface area contributed by atoms with Gasteiger partial charge in [0.15, 0.2) is 0 Å². The van der Waals surface area contributed by atoms with Crippen LogP contribution in [0.4, 0.5) is 4.79 Å². The molecule has 1 aromatic rings. The van der Waals surface area contributed by atoms with Crippen LogP contribution in [-0.2, 0) is 16.1 Å². The molecule has 0 radical (unpaired) electrons. The number of fused-ring (bicyclic) bond motifs is 4. The van der Waals surface area contributed by atoms with Gasteiger partial charge < -0.3 is 24.0 Å². The SMILES string of the molecule is CCOC(=O)N1CCN(C(=O)/C=C/C[NH+]2C[C@@H]3C[C@H](C2)c2cccc(=O)n2C3)CC1. The van der Waals surface area contributed by atoms with Gasteiger partial charge in [0.05, 0.1) is 26.2 Å². The van der Waals surface area contributed by atoms with Gasteiger partial charge in [-0.15, -0.1) is 0 Å². The monoisotopic (exact) mass is 415 g/mol. The van der Waals surface area contributed by atoms with Gasteiger partial charge in [-0.2, -0.15) is 0 Å². The second kappa shape index (κ2) is 9.04. The van der Waals surface area contributed by atoms with Crippen molar-refractivity contribution in [3.05, 3.63) is 46.4 Å². The Morgan fingerprint density at radius 2 is 1.93 bits per heavy atom. The summed E-state index contributed by atoms with van der Waals surface area (Å²) in [6, 6.07) is 5.60. The van der Waals surface area contributed by atoms with Gasteiger partial charge in [0, 0.05) is 62.4 Å². The van der Waals surface area contributed by atoms with Crippen LogP contribution in [0.5, 0.6) is 0 Å². The molecule has 8 heteroatoms. The van der Waals surface area contributed by atoms with Crippen molar-refractivity contribution in [1.82, 2.24) is 14.4 Å². The molecule has 2 bridgehead atoms. The van der Waals surface area contributed by atoms with E-state index >= 15 is 0 Å². The van der Waals surface area contributed by atoms with Crippen LogP contribution in [0.25, 0.3) is 0 Å². The molecule has 0 saturated carbocycles. The first-order valence-corrected chi connectivity index (χ1v) is 11.0. The highest BCUT2D eigenvalue weighted by Gasteiger charge is 2.36. The summed E-state index contributed by atoms with van der Waals surface area (Å²) < 4.78 is 6.97. The van der Waals surface area contributed by atoms with Crippen LogP contribution in [0.15, 0.2) is 35.1 Å². The van der Waals surface area contributed by atoms with Crippen molar-refractivity contribution in [2.75, 3.05) is 52.4 Å². The predicted octanol–water partition coefficient (Wildman–Crippen LogP) is -0.293. The minimum absolute atomic E-state index is 0.00649. The Balaban J connectivity index is 1.27. The lowest BCUT2D eigenvalue weighted by atomic mass is 9.83. The summed E-state index contributed by atoms with van der Waals surface area (Å²) in [5.41, 5.74) is 1.27. The molecule has 1 unspecified atom stereocenters. The highest BCUT2D eigenvalue weighted by Crippen LogP contribution is 2.29. The number of likely N-dealkylation sites (tertiary alicyclic amines) is 1. The summed E-state index contributed by atoms with van der Waals surface area (Å²) in [7, 11) is 0. The molecule has 0 spiro atoms. The van der Waals surface area contributed by atoms with E-state index in [4.69, 9.17) is 4.74 Å². The van der Waals surface area contributed by atoms with Crippen LogP contribution in [0.2, 0.25) is 0 Å². The fourth-order valence-electron chi connectivity index (χ4n) is 5.04. The molecular formula is C22H31N4O4+. The Hall–Kier alpha value is -2.61. The molecule has 1 N–H and O–H groups in total. The first-order valence-electron chi connectivity index (χ1n) is 11.0. The molecule has 162 valence electrons. The first-order chi connectivity index (χ1) is 14.5. The topological polar surface area (TPSA) is 76.3 Å². The summed E-state index contributed by atoms with van der Waals surface area (Å²) in [5, 5.41) is 0. The smallest absolute Gasteiger partial charge is 0.409 e. The third-order valence-electron chi connectivity index (χ3n) is 6.46. The fraction of sp³-hybridized carbons (Fsp3) is 0.591. The number of amides is 2. The lowest BCUT2D eigenvalue weighted by molar-refractivity contribution is -0.905. The standard InChI is InChI=1S/C22H30N4O4/c1-2-30-22(29)25-11-9-24(10-12-25)20(27)7-4-8-23-14-17-13-18(16-23)19-5-3-6-21(28)26(19)15-17/h3-7,17-18H,2,8-16H2,1H3/p+1/b7-4+/t17-,18+/m0/s1. The van der Waals surface area contributed by atoms with E-state index < -0.39 is 0 Å². The molecule has 4 rings (SSSR count). The van der Waals surface area contributed by atoms with E-state index in [0.717, 1.165) is 38.3 Å². The van der Waals surface area contributed by atoms with Crippen molar-refractivity contribution in [3.8, 4) is 0 Å². The lowest BCUT2D eigenvalue weighted by Crippen LogP contribution is -3.14. The molecule has 3 aliphatic rings. The average Bonchev–Trinajstić information content (AvgIpc) is 2.75. The number of carbonyl (C=O) groups is 2. The van der Waals surface area contributed by atoms with E-state index in [-0.39, 0.29) is 17.6 Å². The molecule has 3 aliphatic heterocycles. The van der Waals surface area contributed by atoms with E-state index in [1.54, 1.807) is 28.9 Å². The number of piperidine rings is 1. The number of quaternary nitrogens is 1. The minimum Gasteiger partial charge on any atom is -0.450 e. The first kappa shape index (κ1) is 20.7. The molecule has 0 aromatic carbocycles. The zero-order chi connectivity index (χ0) is 21.1. The Morgan fingerprint density at radius 1 is 1.17 bits per heavy atom. The highest BCUT2D eigenvalue weighted by atomic mass is 16.6. The molecule has 1 aromatic heterocycles. The van der Waals surface area contributed by atoms with E-state index in [9.17, 15) is 14.4 Å². The number of hydrogen-bond acceptors (Lipinski definition) is 4. The number of rotatable bonds is 4. The summed E-state index contributed by atoms with van der Waals surface area (Å²) in [6.07, 6.45) is 4.51. The van der Waals surface area contributed by atoms with E-state index in [1.807, 2.05) is 16.7 Å². The van der Waals surface area contributed by atoms with E-state index in [0.29, 0.717) is 44.6 Å². The molecule has 8 nitrogen and oxygen atoms in total. The third-order valence-corrected chi connectivity index (χ3v) is 6.46. The maximum Gasteiger partial charge on any atom is 0.409 e. The number of ether oxygens (including phenoxy) is 1. The largest absolute Gasteiger partial charge is 0.450 e. The van der Waals surface area contributed by atoms with Crippen LogP contribution in [0.3, 0.4) is 0 Å². The Bertz CT molecular complexity index is 872. The number of hydrogen-bond donors (Lipinski definition) is 1. The third kappa shape index (κ3) is 4.43. The van der Waals surface area contributed by atoms with Crippen LogP contribution in [0, 0.1) is 5.92 Å². The van der Waals surface area contributed by atoms with Crippen molar-refractivity contribution < 1.29 is 19.2 Å². The van der Waals surface area contributed by atoms with Crippen LogP contribution in [-0.4, -0.2) is 78.8 Å². The number of piperazine rings is 1. The van der Waals surface area contributed by atoms with E-state index in [1.165, 1.54) is 4.90 Å². The number of nitrogens with zero attached hydrogens (tertiary/aromatic N) is 3. The molecule has 30 heavy (non-hydrogen) atoms. The Labute approximate surface area is 176 Å². The van der Waals surface area contributed by atoms with Gasteiger partial charge in [-0.25, -0.2) is 4.79 Å². The number of aromatic nitrogens is 1. The van der Waals surface area contributed by atoms with Crippen molar-refractivity contribution in [3.63, 3.8) is 0 Å². The predicted molar refractivity (Wildman–Crippen MR) is 111 cm³/mol. The number of carbonyl (C=O) groups excluding carboxylic acids is 2. The van der Waals surface area contributed by atoms with Crippen molar-refractivity contribution in [1.29, 1.82) is 0 Å². The minimum atomic E-state index is -0.303. The van der Waals surface area contributed by atoms with Gasteiger partial charge in [0.1, 0.15) is 0 Å². The second-order valence-electron chi connectivity index (χ2n) is 8.47. The highest BCUT2D eigenvalue weighted by molar-refractivity contribution is 5.87. The van der Waals surface area contributed by atoms with Gasteiger partial charge in [0.25, 0.3) is 5.56 Å². The van der Waals surface area contributed by atoms with Gasteiger partial charge in [-0.3, -0.25) is 9.59 Å². The van der Waals surface area contributed by atoms with Crippen molar-refractivity contribution >= 4 is 12.0 Å². The number of nitrogens with one attached hydrogen (secondary N) is 1. The quantitative estimate of drug-likeness (QED) is 0.686. The van der Waals surface area contributed by atoms with Crippen molar-refractivity contribution in [2.24, 2.45) is 5.92 Å². The lowest BCUT2D eigenvalue weighted by Gasteiger charge is -2.40. The summed E-state index contributed by atoms with van der Waals surface area (Å²) >= 11 is 0. The van der Waals surface area contributed by atoms with E-state index in [2.05, 4.69) is 6.07 Å². The van der Waals surface area contributed by atoms with Gasteiger partial charge in [-0.1, -0.05) is 6.07 Å². The van der Waals surface area contributed by atoms with Crippen LogP contribution >= 0.6 is 0 Å². The normalized spacial score (nSPS) is 25.8. The van der Waals surface area contributed by atoms with Gasteiger partial charge in [-0.05, 0) is 25.5 Å².